The summed E-state index contributed by atoms with van der Waals surface area (Å²) in [6, 6.07) is 15.1. The number of aromatic nitrogens is 1. The van der Waals surface area contributed by atoms with Crippen molar-refractivity contribution in [1.82, 2.24) is 15.0 Å². The van der Waals surface area contributed by atoms with E-state index in [2.05, 4.69) is 11.2 Å². The number of ether oxygens (including phenoxy) is 3. The molecule has 3 heterocycles. The number of benzene rings is 2. The highest BCUT2D eigenvalue weighted by atomic mass is 19.1. The highest BCUT2D eigenvalue weighted by molar-refractivity contribution is 5.93. The number of amides is 2. The summed E-state index contributed by atoms with van der Waals surface area (Å²) in [5.41, 5.74) is 0.135. The number of aryl methyl sites for hydroxylation is 1. The molecular formula is C29H32FN3O6. The number of rotatable bonds is 4. The van der Waals surface area contributed by atoms with E-state index in [1.807, 2.05) is 18.2 Å². The summed E-state index contributed by atoms with van der Waals surface area (Å²) in [5.74, 6) is 0.819. The maximum absolute atomic E-state index is 13.7. The molecular weight excluding hydrogens is 505 g/mol. The Kier molecular flexibility index (Phi) is 8.11. The fraction of sp³-hybridized carbons (Fsp3) is 0.414. The minimum absolute atomic E-state index is 0.0352. The molecule has 0 bridgehead atoms. The molecule has 10 heteroatoms. The second kappa shape index (κ2) is 11.9. The first-order chi connectivity index (χ1) is 18.9. The lowest BCUT2D eigenvalue weighted by Gasteiger charge is -2.43. The first kappa shape index (κ1) is 26.7. The Labute approximate surface area is 226 Å². The number of hydrogen-bond acceptors (Lipinski definition) is 7. The summed E-state index contributed by atoms with van der Waals surface area (Å²) in [4.78, 5) is 30.3. The van der Waals surface area contributed by atoms with Crippen LogP contribution in [0.1, 0.15) is 41.1 Å². The number of nitrogens with zero attached hydrogens (tertiary/aromatic N) is 3. The van der Waals surface area contributed by atoms with Crippen LogP contribution in [0.2, 0.25) is 0 Å². The van der Waals surface area contributed by atoms with Gasteiger partial charge in [0.25, 0.3) is 11.8 Å². The smallest absolute Gasteiger partial charge is 0.276 e. The Morgan fingerprint density at radius 2 is 1.92 bits per heavy atom. The molecule has 206 valence electrons. The first-order valence-corrected chi connectivity index (χ1v) is 13.2. The monoisotopic (exact) mass is 537 g/mol. The van der Waals surface area contributed by atoms with Crippen LogP contribution in [0.4, 0.5) is 4.39 Å². The number of likely N-dealkylation sites (N-methyl/N-ethyl adjacent to an activating group) is 1. The Bertz CT molecular complexity index is 1300. The zero-order valence-electron chi connectivity index (χ0n) is 21.9. The summed E-state index contributed by atoms with van der Waals surface area (Å²) < 4.78 is 36.1. The van der Waals surface area contributed by atoms with Gasteiger partial charge in [-0.25, -0.2) is 4.39 Å². The highest BCUT2D eigenvalue weighted by Crippen LogP contribution is 2.30. The van der Waals surface area contributed by atoms with Gasteiger partial charge in [0, 0.05) is 19.7 Å². The van der Waals surface area contributed by atoms with E-state index >= 15 is 0 Å². The van der Waals surface area contributed by atoms with Crippen molar-refractivity contribution in [3.63, 3.8) is 0 Å². The summed E-state index contributed by atoms with van der Waals surface area (Å²) in [6.07, 6.45) is 2.95. The summed E-state index contributed by atoms with van der Waals surface area (Å²) in [7, 11) is 1.74. The third-order valence-corrected chi connectivity index (χ3v) is 7.12. The standard InChI is InChI=1S/C29H32FN3O6/c1-32-14-16-36-26-8-3-2-6-21(26)7-4-5-13-29(28(32)35)20-33(15-17-38-29)27(34)25-18-24(39-31-25)19-37-23-11-9-22(30)10-12-23/h2-3,6,8-12,18H,4-5,7,13-17,19-20H2,1H3. The number of para-hydroxylation sites is 1. The van der Waals surface area contributed by atoms with Crippen molar-refractivity contribution in [2.75, 3.05) is 39.9 Å². The Hall–Kier alpha value is -3.92. The van der Waals surface area contributed by atoms with Crippen molar-refractivity contribution in [3.8, 4) is 11.5 Å². The molecule has 0 aliphatic carbocycles. The maximum Gasteiger partial charge on any atom is 0.276 e. The Balaban J connectivity index is 1.26. The van der Waals surface area contributed by atoms with Crippen LogP contribution in [-0.4, -0.2) is 72.3 Å². The lowest BCUT2D eigenvalue weighted by molar-refractivity contribution is -0.169. The van der Waals surface area contributed by atoms with Crippen LogP contribution in [0.25, 0.3) is 0 Å². The zero-order chi connectivity index (χ0) is 27.2. The van der Waals surface area contributed by atoms with Gasteiger partial charge in [0.05, 0.1) is 19.7 Å². The van der Waals surface area contributed by atoms with E-state index in [1.54, 1.807) is 16.8 Å². The van der Waals surface area contributed by atoms with Crippen molar-refractivity contribution in [2.24, 2.45) is 0 Å². The number of carbonyl (C=O) groups is 2. The molecule has 9 nitrogen and oxygen atoms in total. The third kappa shape index (κ3) is 6.22. The lowest BCUT2D eigenvalue weighted by Crippen LogP contribution is -2.61. The van der Waals surface area contributed by atoms with Crippen molar-refractivity contribution in [3.05, 3.63) is 77.4 Å². The minimum Gasteiger partial charge on any atom is -0.491 e. The molecule has 0 radical (unpaired) electrons. The molecule has 2 aliphatic rings. The van der Waals surface area contributed by atoms with Crippen LogP contribution in [-0.2, 0) is 22.6 Å². The Morgan fingerprint density at radius 1 is 1.10 bits per heavy atom. The highest BCUT2D eigenvalue weighted by Gasteiger charge is 2.46. The number of carbonyl (C=O) groups excluding carboxylic acids is 2. The van der Waals surface area contributed by atoms with Crippen LogP contribution in [0.3, 0.4) is 0 Å². The van der Waals surface area contributed by atoms with Gasteiger partial charge < -0.3 is 28.5 Å². The van der Waals surface area contributed by atoms with E-state index in [-0.39, 0.29) is 43.1 Å². The molecule has 1 aromatic heterocycles. The van der Waals surface area contributed by atoms with Crippen LogP contribution in [0.15, 0.2) is 59.1 Å². The van der Waals surface area contributed by atoms with E-state index < -0.39 is 5.60 Å². The number of hydrogen-bond donors (Lipinski definition) is 0. The predicted molar refractivity (Wildman–Crippen MR) is 139 cm³/mol. The molecule has 0 N–H and O–H groups in total. The maximum atomic E-state index is 13.7. The summed E-state index contributed by atoms with van der Waals surface area (Å²) in [5, 5.41) is 3.93. The van der Waals surface area contributed by atoms with Crippen LogP contribution in [0.5, 0.6) is 11.5 Å². The van der Waals surface area contributed by atoms with Crippen LogP contribution >= 0.6 is 0 Å². The van der Waals surface area contributed by atoms with Gasteiger partial charge in [0.15, 0.2) is 17.1 Å². The van der Waals surface area contributed by atoms with Crippen molar-refractivity contribution >= 4 is 11.8 Å². The SMILES string of the molecule is CN1CCOc2ccccc2CCCCC2(CN(C(=O)c3cc(COc4ccc(F)cc4)on3)CCO2)C1=O. The predicted octanol–water partition coefficient (Wildman–Crippen LogP) is 3.87. The summed E-state index contributed by atoms with van der Waals surface area (Å²) in [6.45, 7) is 1.49. The molecule has 3 aromatic rings. The van der Waals surface area contributed by atoms with Gasteiger partial charge in [-0.15, -0.1) is 0 Å². The van der Waals surface area contributed by atoms with E-state index in [4.69, 9.17) is 18.7 Å². The van der Waals surface area contributed by atoms with Gasteiger partial charge >= 0.3 is 0 Å². The van der Waals surface area contributed by atoms with E-state index in [1.165, 1.54) is 30.3 Å². The average Bonchev–Trinajstić information content (AvgIpc) is 3.43. The molecule has 1 atom stereocenters. The number of halogens is 1. The molecule has 2 amide bonds. The van der Waals surface area contributed by atoms with Gasteiger partial charge in [-0.1, -0.05) is 23.4 Å². The molecule has 0 saturated carbocycles. The van der Waals surface area contributed by atoms with Gasteiger partial charge in [-0.3, -0.25) is 9.59 Å². The van der Waals surface area contributed by atoms with E-state index in [0.717, 1.165) is 30.6 Å². The van der Waals surface area contributed by atoms with Gasteiger partial charge in [-0.05, 0) is 61.6 Å². The summed E-state index contributed by atoms with van der Waals surface area (Å²) >= 11 is 0. The van der Waals surface area contributed by atoms with Crippen molar-refractivity contribution in [2.45, 2.75) is 37.9 Å². The average molecular weight is 538 g/mol. The largest absolute Gasteiger partial charge is 0.491 e. The van der Waals surface area contributed by atoms with Crippen LogP contribution in [0, 0.1) is 5.82 Å². The minimum atomic E-state index is -1.14. The molecule has 39 heavy (non-hydrogen) atoms. The normalized spacial score (nSPS) is 20.5. The molecule has 2 aliphatic heterocycles. The second-order valence-electron chi connectivity index (χ2n) is 9.88. The topological polar surface area (TPSA) is 94.3 Å². The quantitative estimate of drug-likeness (QED) is 0.499. The molecule has 1 spiro atoms. The van der Waals surface area contributed by atoms with Crippen molar-refractivity contribution in [1.29, 1.82) is 0 Å². The molecule has 1 saturated heterocycles. The van der Waals surface area contributed by atoms with E-state index in [9.17, 15) is 14.0 Å². The second-order valence-corrected chi connectivity index (χ2v) is 9.88. The number of fused-ring (bicyclic) bond motifs is 1. The molecule has 5 rings (SSSR count). The molecule has 2 aromatic carbocycles. The van der Waals surface area contributed by atoms with E-state index in [0.29, 0.717) is 37.6 Å². The first-order valence-electron chi connectivity index (χ1n) is 13.2. The van der Waals surface area contributed by atoms with Crippen LogP contribution < -0.4 is 9.47 Å². The fourth-order valence-corrected chi connectivity index (χ4v) is 4.99. The molecule has 1 fully saturated rings. The zero-order valence-corrected chi connectivity index (χ0v) is 21.9. The number of morpholine rings is 1. The Morgan fingerprint density at radius 3 is 2.77 bits per heavy atom. The van der Waals surface area contributed by atoms with Gasteiger partial charge in [-0.2, -0.15) is 0 Å². The third-order valence-electron chi connectivity index (χ3n) is 7.12. The van der Waals surface area contributed by atoms with Gasteiger partial charge in [0.1, 0.15) is 30.5 Å². The lowest BCUT2D eigenvalue weighted by atomic mass is 9.91. The fourth-order valence-electron chi connectivity index (χ4n) is 4.99. The molecule has 1 unspecified atom stereocenters. The van der Waals surface area contributed by atoms with Gasteiger partial charge in [0.2, 0.25) is 0 Å². The van der Waals surface area contributed by atoms with Crippen molar-refractivity contribution < 1.29 is 32.7 Å².